The number of imide groups is 1. The van der Waals surface area contributed by atoms with Crippen molar-refractivity contribution in [2.75, 3.05) is 12.0 Å². The summed E-state index contributed by atoms with van der Waals surface area (Å²) in [7, 11) is -3.39. The van der Waals surface area contributed by atoms with Gasteiger partial charge in [-0.3, -0.25) is 0 Å². The largest absolute Gasteiger partial charge is 0.465 e. The molecule has 2 amide bonds. The molecule has 202 valence electrons. The van der Waals surface area contributed by atoms with Gasteiger partial charge in [-0.2, -0.15) is 13.3 Å². The molecule has 0 aliphatic carbocycles. The third-order valence-corrected chi connectivity index (χ3v) is 6.23. The number of halogens is 1. The van der Waals surface area contributed by atoms with Crippen LogP contribution in [0.2, 0.25) is 0 Å². The van der Waals surface area contributed by atoms with E-state index >= 15 is 0 Å². The molecule has 2 aromatic carbocycles. The number of anilines is 1. The number of nitrogens with zero attached hydrogens (tertiary/aromatic N) is 1. The second-order valence-electron chi connectivity index (χ2n) is 9.91. The van der Waals surface area contributed by atoms with Gasteiger partial charge >= 0.3 is 28.3 Å². The lowest BCUT2D eigenvalue weighted by Gasteiger charge is -2.29. The van der Waals surface area contributed by atoms with E-state index in [4.69, 9.17) is 18.4 Å². The van der Waals surface area contributed by atoms with Crippen molar-refractivity contribution in [2.45, 2.75) is 64.6 Å². The van der Waals surface area contributed by atoms with E-state index < -0.39 is 50.8 Å². The van der Waals surface area contributed by atoms with Crippen LogP contribution < -0.4 is 9.08 Å². The highest BCUT2D eigenvalue weighted by Gasteiger charge is 2.38. The third-order valence-electron chi connectivity index (χ3n) is 4.37. The Balaban J connectivity index is 2.78. The number of hydrogen-bond donors (Lipinski definition) is 0. The van der Waals surface area contributed by atoms with E-state index in [1.54, 1.807) is 60.6 Å². The van der Waals surface area contributed by atoms with Crippen molar-refractivity contribution >= 4 is 49.9 Å². The molecule has 0 unspecified atom stereocenters. The Kier molecular flexibility index (Phi) is 9.03. The summed E-state index contributed by atoms with van der Waals surface area (Å²) in [5.74, 6) is -1.58. The third kappa shape index (κ3) is 7.93. The van der Waals surface area contributed by atoms with Gasteiger partial charge in [0.15, 0.2) is 5.75 Å². The lowest BCUT2D eigenvalue weighted by atomic mass is 10.1. The van der Waals surface area contributed by atoms with Gasteiger partial charge < -0.3 is 18.4 Å². The van der Waals surface area contributed by atoms with Crippen molar-refractivity contribution in [3.8, 4) is 5.75 Å². The number of aryl methyl sites for hydroxylation is 1. The summed E-state index contributed by atoms with van der Waals surface area (Å²) < 4.78 is 47.1. The van der Waals surface area contributed by atoms with Crippen LogP contribution in [-0.4, -0.2) is 44.9 Å². The average Bonchev–Trinajstić information content (AvgIpc) is 2.73. The molecule has 0 aliphatic heterocycles. The molecule has 0 radical (unpaired) electrons. The van der Waals surface area contributed by atoms with Crippen LogP contribution in [-0.2, 0) is 24.3 Å². The van der Waals surface area contributed by atoms with Crippen LogP contribution in [0.15, 0.2) is 45.8 Å². The maximum absolute atomic E-state index is 13.2. The van der Waals surface area contributed by atoms with Gasteiger partial charge in [0.05, 0.1) is 17.3 Å². The fourth-order valence-electron chi connectivity index (χ4n) is 2.86. The van der Waals surface area contributed by atoms with E-state index in [0.717, 1.165) is 12.7 Å². The normalized spacial score (nSPS) is 11.9. The number of methoxy groups -OCH3 is 1. The molecule has 0 saturated heterocycles. The Bertz CT molecular complexity index is 1260. The van der Waals surface area contributed by atoms with Gasteiger partial charge in [0.25, 0.3) is 0 Å². The number of ether oxygens (including phenoxy) is 3. The van der Waals surface area contributed by atoms with Gasteiger partial charge in [0, 0.05) is 0 Å². The standard InChI is InChI=1S/C25H30BrNO9S/c1-15-9-11-16(12-10-15)37(31,32)36-20-17(26)13-14-18(19(20)21(28)33-8)27(22(29)34-24(2,3)4)23(30)35-25(5,6)7/h9-14H,1-8H3. The van der Waals surface area contributed by atoms with Crippen LogP contribution >= 0.6 is 15.9 Å². The summed E-state index contributed by atoms with van der Waals surface area (Å²) in [5, 5.41) is 0. The minimum absolute atomic E-state index is 0.0423. The number of rotatable bonds is 5. The molecule has 2 rings (SSSR count). The molecule has 0 N–H and O–H groups in total. The Labute approximate surface area is 225 Å². The molecule has 0 aliphatic rings. The maximum Gasteiger partial charge on any atom is 0.424 e. The number of carbonyl (C=O) groups excluding carboxylic acids is 3. The summed E-state index contributed by atoms with van der Waals surface area (Å²) in [5.41, 5.74) is -2.11. The van der Waals surface area contributed by atoms with Crippen molar-refractivity contribution in [1.82, 2.24) is 0 Å². The fourth-order valence-corrected chi connectivity index (χ4v) is 4.34. The lowest BCUT2D eigenvalue weighted by Crippen LogP contribution is -2.44. The number of carbonyl (C=O) groups is 3. The van der Waals surface area contributed by atoms with Crippen LogP contribution in [0.25, 0.3) is 0 Å². The molecule has 37 heavy (non-hydrogen) atoms. The highest BCUT2D eigenvalue weighted by Crippen LogP contribution is 2.39. The first-order valence-electron chi connectivity index (χ1n) is 11.0. The smallest absolute Gasteiger partial charge is 0.424 e. The van der Waals surface area contributed by atoms with Crippen LogP contribution in [0.3, 0.4) is 0 Å². The molecule has 12 heteroatoms. The van der Waals surface area contributed by atoms with Gasteiger partial charge in [-0.25, -0.2) is 14.4 Å². The summed E-state index contributed by atoms with van der Waals surface area (Å²) in [6.07, 6.45) is -2.33. The predicted octanol–water partition coefficient (Wildman–Crippen LogP) is 5.99. The minimum Gasteiger partial charge on any atom is -0.465 e. The quantitative estimate of drug-likeness (QED) is 0.231. The van der Waals surface area contributed by atoms with E-state index in [9.17, 15) is 22.8 Å². The molecule has 10 nitrogen and oxygen atoms in total. The van der Waals surface area contributed by atoms with Crippen LogP contribution in [0.1, 0.15) is 57.5 Å². The van der Waals surface area contributed by atoms with Crippen molar-refractivity contribution in [3.63, 3.8) is 0 Å². The molecule has 0 bridgehead atoms. The molecular weight excluding hydrogens is 570 g/mol. The number of amides is 2. The van der Waals surface area contributed by atoms with Gasteiger partial charge in [-0.15, -0.1) is 0 Å². The minimum atomic E-state index is -4.45. The van der Waals surface area contributed by atoms with E-state index in [2.05, 4.69) is 15.9 Å². The Hall–Kier alpha value is -3.12. The van der Waals surface area contributed by atoms with Crippen molar-refractivity contribution in [1.29, 1.82) is 0 Å². The molecule has 0 spiro atoms. The van der Waals surface area contributed by atoms with Crippen LogP contribution in [0.4, 0.5) is 15.3 Å². The molecule has 0 atom stereocenters. The van der Waals surface area contributed by atoms with Crippen LogP contribution in [0.5, 0.6) is 5.75 Å². The zero-order valence-electron chi connectivity index (χ0n) is 21.9. The van der Waals surface area contributed by atoms with E-state index in [0.29, 0.717) is 4.90 Å². The van der Waals surface area contributed by atoms with Crippen molar-refractivity contribution < 1.29 is 41.2 Å². The first-order valence-corrected chi connectivity index (χ1v) is 13.2. The topological polar surface area (TPSA) is 126 Å². The summed E-state index contributed by atoms with van der Waals surface area (Å²) in [4.78, 5) is 39.6. The molecular formula is C25H30BrNO9S. The second-order valence-corrected chi connectivity index (χ2v) is 12.3. The van der Waals surface area contributed by atoms with E-state index in [-0.39, 0.29) is 15.1 Å². The number of hydrogen-bond acceptors (Lipinski definition) is 9. The highest BCUT2D eigenvalue weighted by molar-refractivity contribution is 9.10. The average molecular weight is 600 g/mol. The summed E-state index contributed by atoms with van der Waals surface area (Å²) >= 11 is 3.19. The Morgan fingerprint density at radius 2 is 1.32 bits per heavy atom. The predicted molar refractivity (Wildman–Crippen MR) is 139 cm³/mol. The first-order chi connectivity index (χ1) is 16.9. The lowest BCUT2D eigenvalue weighted by molar-refractivity contribution is 0.0430. The number of esters is 1. The Morgan fingerprint density at radius 1 is 0.838 bits per heavy atom. The zero-order chi connectivity index (χ0) is 28.3. The second kappa shape index (κ2) is 11.1. The monoisotopic (exact) mass is 599 g/mol. The maximum atomic E-state index is 13.2. The van der Waals surface area contributed by atoms with Gasteiger partial charge in [0.2, 0.25) is 0 Å². The SMILES string of the molecule is COC(=O)c1c(N(C(=O)OC(C)(C)C)C(=O)OC(C)(C)C)ccc(Br)c1OS(=O)(=O)c1ccc(C)cc1. The molecule has 2 aromatic rings. The van der Waals surface area contributed by atoms with E-state index in [1.807, 2.05) is 0 Å². The Morgan fingerprint density at radius 3 is 1.76 bits per heavy atom. The number of benzene rings is 2. The van der Waals surface area contributed by atoms with Gasteiger partial charge in [-0.05, 0) is 88.7 Å². The van der Waals surface area contributed by atoms with Crippen molar-refractivity contribution in [3.05, 3.63) is 52.0 Å². The first kappa shape index (κ1) is 30.1. The van der Waals surface area contributed by atoms with Crippen molar-refractivity contribution in [2.24, 2.45) is 0 Å². The molecule has 0 saturated carbocycles. The molecule has 0 heterocycles. The van der Waals surface area contributed by atoms with E-state index in [1.165, 1.54) is 24.3 Å². The summed E-state index contributed by atoms with van der Waals surface area (Å²) in [6, 6.07) is 8.38. The zero-order valence-corrected chi connectivity index (χ0v) is 24.3. The van der Waals surface area contributed by atoms with Crippen LogP contribution in [0, 0.1) is 6.92 Å². The fraction of sp³-hybridized carbons (Fsp3) is 0.400. The van der Waals surface area contributed by atoms with Gasteiger partial charge in [-0.1, -0.05) is 17.7 Å². The summed E-state index contributed by atoms with van der Waals surface area (Å²) in [6.45, 7) is 11.3. The molecule has 0 fully saturated rings. The molecule has 0 aromatic heterocycles. The van der Waals surface area contributed by atoms with Gasteiger partial charge in [0.1, 0.15) is 21.7 Å². The highest BCUT2D eigenvalue weighted by atomic mass is 79.9.